The third-order valence-electron chi connectivity index (χ3n) is 5.54. The zero-order chi connectivity index (χ0) is 18.6. The maximum Gasteiger partial charge on any atom is 0.251 e. The van der Waals surface area contributed by atoms with Crippen molar-refractivity contribution in [3.63, 3.8) is 0 Å². The molecule has 1 aliphatic carbocycles. The van der Waals surface area contributed by atoms with E-state index in [1.807, 2.05) is 0 Å². The fourth-order valence-electron chi connectivity index (χ4n) is 4.00. The summed E-state index contributed by atoms with van der Waals surface area (Å²) in [5.41, 5.74) is 0.431. The molecule has 1 N–H and O–H groups in total. The number of amides is 1. The molecule has 1 saturated heterocycles. The highest BCUT2D eigenvalue weighted by molar-refractivity contribution is 7.89. The third-order valence-corrected chi connectivity index (χ3v) is 7.41. The molecule has 1 amide bonds. The van der Waals surface area contributed by atoms with Gasteiger partial charge < -0.3 is 5.32 Å². The van der Waals surface area contributed by atoms with Crippen LogP contribution in [0.5, 0.6) is 0 Å². The first kappa shape index (κ1) is 19.4. The van der Waals surface area contributed by atoms with Crippen LogP contribution < -0.4 is 5.32 Å². The highest BCUT2D eigenvalue weighted by Gasteiger charge is 2.29. The van der Waals surface area contributed by atoms with Crippen molar-refractivity contribution < 1.29 is 13.2 Å². The molecule has 1 heterocycles. The van der Waals surface area contributed by atoms with Gasteiger partial charge in [-0.1, -0.05) is 38.7 Å². The van der Waals surface area contributed by atoms with Crippen molar-refractivity contribution >= 4 is 15.9 Å². The predicted octanol–water partition coefficient (Wildman–Crippen LogP) is 3.56. The molecule has 2 fully saturated rings. The van der Waals surface area contributed by atoms with Gasteiger partial charge in [0.1, 0.15) is 0 Å². The Labute approximate surface area is 157 Å². The number of sulfonamides is 1. The van der Waals surface area contributed by atoms with E-state index in [-0.39, 0.29) is 16.8 Å². The smallest absolute Gasteiger partial charge is 0.251 e. The number of nitrogens with one attached hydrogen (secondary N) is 1. The quantitative estimate of drug-likeness (QED) is 0.815. The molecule has 1 atom stereocenters. The van der Waals surface area contributed by atoms with Crippen molar-refractivity contribution in [3.05, 3.63) is 29.8 Å². The summed E-state index contributed by atoms with van der Waals surface area (Å²) in [5, 5.41) is 3.09. The molecule has 0 radical (unpaired) electrons. The molecule has 144 valence electrons. The van der Waals surface area contributed by atoms with Gasteiger partial charge in [0.2, 0.25) is 10.0 Å². The Morgan fingerprint density at radius 3 is 2.50 bits per heavy atom. The molecule has 1 aliphatic heterocycles. The van der Waals surface area contributed by atoms with Crippen LogP contribution in [0.4, 0.5) is 0 Å². The van der Waals surface area contributed by atoms with Gasteiger partial charge in [-0.05, 0) is 49.8 Å². The topological polar surface area (TPSA) is 66.5 Å². The van der Waals surface area contributed by atoms with Crippen molar-refractivity contribution in [3.8, 4) is 0 Å². The zero-order valence-electron chi connectivity index (χ0n) is 15.6. The summed E-state index contributed by atoms with van der Waals surface area (Å²) >= 11 is 0. The van der Waals surface area contributed by atoms with Crippen molar-refractivity contribution in [2.24, 2.45) is 5.92 Å². The molecule has 3 rings (SSSR count). The molecular formula is C20H30N2O3S. The van der Waals surface area contributed by atoms with E-state index < -0.39 is 10.0 Å². The number of rotatable bonds is 4. The normalized spacial score (nSPS) is 23.3. The molecule has 1 aromatic rings. The second-order valence-corrected chi connectivity index (χ2v) is 9.74. The summed E-state index contributed by atoms with van der Waals surface area (Å²) in [6.07, 6.45) is 8.73. The van der Waals surface area contributed by atoms with Gasteiger partial charge in [0.05, 0.1) is 4.90 Å². The maximum absolute atomic E-state index is 12.9. The summed E-state index contributed by atoms with van der Waals surface area (Å²) in [4.78, 5) is 12.8. The van der Waals surface area contributed by atoms with Crippen LogP contribution in [0.1, 0.15) is 68.6 Å². The lowest BCUT2D eigenvalue weighted by Gasteiger charge is -2.30. The molecule has 1 unspecified atom stereocenters. The van der Waals surface area contributed by atoms with Gasteiger partial charge in [-0.15, -0.1) is 0 Å². The molecule has 0 bridgehead atoms. The van der Waals surface area contributed by atoms with E-state index in [9.17, 15) is 13.2 Å². The Morgan fingerprint density at radius 2 is 1.81 bits per heavy atom. The van der Waals surface area contributed by atoms with E-state index in [4.69, 9.17) is 0 Å². The number of benzene rings is 1. The summed E-state index contributed by atoms with van der Waals surface area (Å²) in [7, 11) is -3.54. The first-order valence-electron chi connectivity index (χ1n) is 9.88. The first-order valence-corrected chi connectivity index (χ1v) is 11.3. The largest absolute Gasteiger partial charge is 0.349 e. The van der Waals surface area contributed by atoms with Gasteiger partial charge in [-0.2, -0.15) is 4.31 Å². The minimum absolute atomic E-state index is 0.166. The Balaban J connectivity index is 1.73. The fraction of sp³-hybridized carbons (Fsp3) is 0.650. The van der Waals surface area contributed by atoms with Crippen LogP contribution in [0, 0.1) is 5.92 Å². The van der Waals surface area contributed by atoms with Crippen LogP contribution in [-0.4, -0.2) is 37.8 Å². The SMILES string of the molecule is CC1CCCN(S(=O)(=O)c2cccc(C(=O)NC3CCCCCC3)c2)C1. The van der Waals surface area contributed by atoms with E-state index in [0.29, 0.717) is 24.6 Å². The Kier molecular flexibility index (Phi) is 6.35. The summed E-state index contributed by atoms with van der Waals surface area (Å²) in [6.45, 7) is 3.20. The lowest BCUT2D eigenvalue weighted by molar-refractivity contribution is 0.0933. The van der Waals surface area contributed by atoms with Gasteiger partial charge in [0.15, 0.2) is 0 Å². The molecule has 1 saturated carbocycles. The predicted molar refractivity (Wildman–Crippen MR) is 103 cm³/mol. The number of carbonyl (C=O) groups is 1. The van der Waals surface area contributed by atoms with Crippen molar-refractivity contribution in [1.29, 1.82) is 0 Å². The van der Waals surface area contributed by atoms with Crippen LogP contribution in [0.15, 0.2) is 29.2 Å². The lowest BCUT2D eigenvalue weighted by atomic mass is 10.0. The van der Waals surface area contributed by atoms with Gasteiger partial charge in [0, 0.05) is 24.7 Å². The third kappa shape index (κ3) is 4.65. The Bertz CT molecular complexity index is 724. The van der Waals surface area contributed by atoms with E-state index in [1.165, 1.54) is 18.9 Å². The highest BCUT2D eigenvalue weighted by Crippen LogP contribution is 2.24. The molecule has 0 spiro atoms. The zero-order valence-corrected chi connectivity index (χ0v) is 16.4. The minimum atomic E-state index is -3.54. The van der Waals surface area contributed by atoms with Crippen molar-refractivity contribution in [2.75, 3.05) is 13.1 Å². The van der Waals surface area contributed by atoms with Crippen LogP contribution in [0.2, 0.25) is 0 Å². The first-order chi connectivity index (χ1) is 12.5. The van der Waals surface area contributed by atoms with E-state index in [1.54, 1.807) is 22.5 Å². The standard InChI is InChI=1S/C20H30N2O3S/c1-16-8-7-13-22(15-16)26(24,25)19-12-6-9-17(14-19)20(23)21-18-10-4-2-3-5-11-18/h6,9,12,14,16,18H,2-5,7-8,10-11,13,15H2,1H3,(H,21,23). The second-order valence-electron chi connectivity index (χ2n) is 7.80. The summed E-state index contributed by atoms with van der Waals surface area (Å²) < 4.78 is 27.4. The maximum atomic E-state index is 12.9. The molecule has 6 heteroatoms. The van der Waals surface area contributed by atoms with Crippen LogP contribution in [0.3, 0.4) is 0 Å². The number of carbonyl (C=O) groups excluding carboxylic acids is 1. The molecule has 5 nitrogen and oxygen atoms in total. The van der Waals surface area contributed by atoms with Crippen LogP contribution in [-0.2, 0) is 10.0 Å². The van der Waals surface area contributed by atoms with E-state index >= 15 is 0 Å². The van der Waals surface area contributed by atoms with Crippen molar-refractivity contribution in [2.45, 2.75) is 69.2 Å². The summed E-state index contributed by atoms with van der Waals surface area (Å²) in [6, 6.07) is 6.69. The fourth-order valence-corrected chi connectivity index (χ4v) is 5.65. The lowest BCUT2D eigenvalue weighted by Crippen LogP contribution is -2.39. The van der Waals surface area contributed by atoms with E-state index in [0.717, 1.165) is 38.5 Å². The Hall–Kier alpha value is -1.40. The average molecular weight is 379 g/mol. The highest BCUT2D eigenvalue weighted by atomic mass is 32.2. The van der Waals surface area contributed by atoms with Gasteiger partial charge in [0.25, 0.3) is 5.91 Å². The molecule has 1 aromatic carbocycles. The number of nitrogens with zero attached hydrogens (tertiary/aromatic N) is 1. The van der Waals surface area contributed by atoms with Crippen LogP contribution in [0.25, 0.3) is 0 Å². The Morgan fingerprint density at radius 1 is 1.08 bits per heavy atom. The average Bonchev–Trinajstić information content (AvgIpc) is 2.90. The number of piperidine rings is 1. The minimum Gasteiger partial charge on any atom is -0.349 e. The molecule has 26 heavy (non-hydrogen) atoms. The molecule has 2 aliphatic rings. The van der Waals surface area contributed by atoms with Crippen LogP contribution >= 0.6 is 0 Å². The number of hydrogen-bond donors (Lipinski definition) is 1. The summed E-state index contributed by atoms with van der Waals surface area (Å²) in [5.74, 6) is 0.209. The molecule has 0 aromatic heterocycles. The van der Waals surface area contributed by atoms with Crippen molar-refractivity contribution in [1.82, 2.24) is 9.62 Å². The van der Waals surface area contributed by atoms with E-state index in [2.05, 4.69) is 12.2 Å². The number of hydrogen-bond acceptors (Lipinski definition) is 3. The molecular weight excluding hydrogens is 348 g/mol. The monoisotopic (exact) mass is 378 g/mol. The second kappa shape index (κ2) is 8.53. The van der Waals surface area contributed by atoms with Gasteiger partial charge >= 0.3 is 0 Å². The van der Waals surface area contributed by atoms with Gasteiger partial charge in [-0.25, -0.2) is 8.42 Å². The van der Waals surface area contributed by atoms with Gasteiger partial charge in [-0.3, -0.25) is 4.79 Å².